The van der Waals surface area contributed by atoms with Crippen LogP contribution in [0.2, 0.25) is 0 Å². The average molecular weight is 339 g/mol. The summed E-state index contributed by atoms with van der Waals surface area (Å²) in [7, 11) is 1.68. The summed E-state index contributed by atoms with van der Waals surface area (Å²) in [5, 5.41) is 3.45. The van der Waals surface area contributed by atoms with Crippen molar-refractivity contribution in [2.45, 2.75) is 32.6 Å². The minimum Gasteiger partial charge on any atom is -0.497 e. The van der Waals surface area contributed by atoms with Gasteiger partial charge in [0.15, 0.2) is 0 Å². The van der Waals surface area contributed by atoms with Crippen molar-refractivity contribution < 1.29 is 9.53 Å². The second-order valence-corrected chi connectivity index (χ2v) is 6.58. The van der Waals surface area contributed by atoms with Crippen molar-refractivity contribution in [3.8, 4) is 5.75 Å². The van der Waals surface area contributed by atoms with Crippen LogP contribution < -0.4 is 15.0 Å². The van der Waals surface area contributed by atoms with E-state index in [0.717, 1.165) is 37.5 Å². The molecule has 128 valence electrons. The highest BCUT2D eigenvalue weighted by atomic mass is 35.5. The molecule has 0 aromatic heterocycles. The van der Waals surface area contributed by atoms with Gasteiger partial charge in [-0.3, -0.25) is 4.79 Å². The molecule has 5 heteroatoms. The second kappa shape index (κ2) is 8.02. The number of amides is 1. The van der Waals surface area contributed by atoms with Gasteiger partial charge in [-0.15, -0.1) is 12.4 Å². The number of methoxy groups -OCH3 is 1. The van der Waals surface area contributed by atoms with E-state index in [2.05, 4.69) is 18.3 Å². The lowest BCUT2D eigenvalue weighted by atomic mass is 9.85. The van der Waals surface area contributed by atoms with E-state index in [1.807, 2.05) is 17.0 Å². The molecular weight excluding hydrogens is 312 g/mol. The number of nitrogens with zero attached hydrogens (tertiary/aromatic N) is 1. The van der Waals surface area contributed by atoms with Gasteiger partial charge in [0.25, 0.3) is 0 Å². The second-order valence-electron chi connectivity index (χ2n) is 6.58. The summed E-state index contributed by atoms with van der Waals surface area (Å²) < 4.78 is 5.27. The lowest BCUT2D eigenvalue weighted by molar-refractivity contribution is -0.119. The first-order valence-electron chi connectivity index (χ1n) is 8.37. The highest BCUT2D eigenvalue weighted by Gasteiger charge is 2.28. The van der Waals surface area contributed by atoms with Crippen LogP contribution in [-0.4, -0.2) is 32.7 Å². The van der Waals surface area contributed by atoms with Gasteiger partial charge < -0.3 is 15.0 Å². The van der Waals surface area contributed by atoms with Crippen LogP contribution in [0.5, 0.6) is 5.75 Å². The third-order valence-electron chi connectivity index (χ3n) is 5.12. The number of nitrogens with one attached hydrogen (secondary N) is 1. The number of piperidine rings is 1. The Bertz CT molecular complexity index is 544. The molecule has 1 amide bonds. The Morgan fingerprint density at radius 2 is 2.30 bits per heavy atom. The highest BCUT2D eigenvalue weighted by Crippen LogP contribution is 2.33. The van der Waals surface area contributed by atoms with Crippen molar-refractivity contribution in [3.05, 3.63) is 23.8 Å². The standard InChI is InChI=1S/C18H26N2O2.ClH/c1-13(15-4-3-8-19-12-15)10-18(21)20-9-7-14-11-16(22-2)5-6-17(14)20;/h5-6,11,13,15,19H,3-4,7-10,12H2,1-2H3;1H. The van der Waals surface area contributed by atoms with E-state index in [1.165, 1.54) is 18.4 Å². The Kier molecular flexibility index (Phi) is 6.31. The zero-order valence-corrected chi connectivity index (χ0v) is 14.8. The van der Waals surface area contributed by atoms with Crippen LogP contribution in [-0.2, 0) is 11.2 Å². The molecule has 2 unspecified atom stereocenters. The Balaban J connectivity index is 0.00000192. The van der Waals surface area contributed by atoms with E-state index < -0.39 is 0 Å². The predicted octanol–water partition coefficient (Wildman–Crippen LogP) is 3.03. The van der Waals surface area contributed by atoms with E-state index in [4.69, 9.17) is 4.74 Å². The Hall–Kier alpha value is -1.26. The SMILES string of the molecule is COc1ccc2c(c1)CCN2C(=O)CC(C)C1CCCNC1.Cl. The van der Waals surface area contributed by atoms with Gasteiger partial charge in [-0.1, -0.05) is 6.92 Å². The number of rotatable bonds is 4. The molecule has 1 aromatic rings. The average Bonchev–Trinajstić information content (AvgIpc) is 2.98. The molecule has 0 aliphatic carbocycles. The minimum atomic E-state index is 0. The summed E-state index contributed by atoms with van der Waals surface area (Å²) in [5.41, 5.74) is 2.29. The third kappa shape index (κ3) is 3.99. The van der Waals surface area contributed by atoms with Crippen molar-refractivity contribution in [2.75, 3.05) is 31.6 Å². The normalized spacial score (nSPS) is 21.3. The molecule has 23 heavy (non-hydrogen) atoms. The number of hydrogen-bond donors (Lipinski definition) is 1. The molecule has 3 rings (SSSR count). The van der Waals surface area contributed by atoms with Crippen LogP contribution >= 0.6 is 12.4 Å². The van der Waals surface area contributed by atoms with E-state index >= 15 is 0 Å². The van der Waals surface area contributed by atoms with Crippen molar-refractivity contribution >= 4 is 24.0 Å². The largest absolute Gasteiger partial charge is 0.497 e. The summed E-state index contributed by atoms with van der Waals surface area (Å²) in [6, 6.07) is 6.02. The lowest BCUT2D eigenvalue weighted by Crippen LogP contribution is -2.36. The first kappa shape index (κ1) is 18.1. The quantitative estimate of drug-likeness (QED) is 0.917. The molecule has 2 atom stereocenters. The van der Waals surface area contributed by atoms with E-state index in [9.17, 15) is 4.79 Å². The summed E-state index contributed by atoms with van der Waals surface area (Å²) in [6.07, 6.45) is 4.06. The van der Waals surface area contributed by atoms with Crippen molar-refractivity contribution in [3.63, 3.8) is 0 Å². The number of carbonyl (C=O) groups is 1. The van der Waals surface area contributed by atoms with Gasteiger partial charge in [0.1, 0.15) is 5.75 Å². The molecule has 0 bridgehead atoms. The topological polar surface area (TPSA) is 41.6 Å². The summed E-state index contributed by atoms with van der Waals surface area (Å²) in [5.74, 6) is 2.22. The molecule has 2 aliphatic rings. The molecule has 1 saturated heterocycles. The van der Waals surface area contributed by atoms with Crippen LogP contribution in [0.3, 0.4) is 0 Å². The first-order valence-corrected chi connectivity index (χ1v) is 8.37. The molecule has 0 saturated carbocycles. The van der Waals surface area contributed by atoms with E-state index in [0.29, 0.717) is 18.3 Å². The van der Waals surface area contributed by atoms with Crippen molar-refractivity contribution in [1.82, 2.24) is 5.32 Å². The maximum absolute atomic E-state index is 12.7. The van der Waals surface area contributed by atoms with Gasteiger partial charge in [0.05, 0.1) is 7.11 Å². The Labute approximate surface area is 145 Å². The fourth-order valence-electron chi connectivity index (χ4n) is 3.68. The van der Waals surface area contributed by atoms with Crippen LogP contribution in [0, 0.1) is 11.8 Å². The number of hydrogen-bond acceptors (Lipinski definition) is 3. The van der Waals surface area contributed by atoms with Gasteiger partial charge in [-0.25, -0.2) is 0 Å². The van der Waals surface area contributed by atoms with Crippen molar-refractivity contribution in [1.29, 1.82) is 0 Å². The van der Waals surface area contributed by atoms with Crippen LogP contribution in [0.15, 0.2) is 18.2 Å². The maximum atomic E-state index is 12.7. The summed E-state index contributed by atoms with van der Waals surface area (Å²) in [4.78, 5) is 14.6. The van der Waals surface area contributed by atoms with Crippen molar-refractivity contribution in [2.24, 2.45) is 11.8 Å². The molecule has 1 aromatic carbocycles. The number of anilines is 1. The fraction of sp³-hybridized carbons (Fsp3) is 0.611. The zero-order valence-electron chi connectivity index (χ0n) is 14.0. The summed E-state index contributed by atoms with van der Waals surface area (Å²) >= 11 is 0. The van der Waals surface area contributed by atoms with Gasteiger partial charge in [-0.05, 0) is 68.0 Å². The molecule has 1 fully saturated rings. The van der Waals surface area contributed by atoms with E-state index in [-0.39, 0.29) is 18.3 Å². The number of ether oxygens (including phenoxy) is 1. The molecule has 2 heterocycles. The highest BCUT2D eigenvalue weighted by molar-refractivity contribution is 5.95. The molecule has 1 N–H and O–H groups in total. The smallest absolute Gasteiger partial charge is 0.227 e. The van der Waals surface area contributed by atoms with Crippen LogP contribution in [0.25, 0.3) is 0 Å². The van der Waals surface area contributed by atoms with Crippen LogP contribution in [0.1, 0.15) is 31.7 Å². The monoisotopic (exact) mass is 338 g/mol. The number of halogens is 1. The first-order chi connectivity index (χ1) is 10.7. The summed E-state index contributed by atoms with van der Waals surface area (Å²) in [6.45, 7) is 5.21. The van der Waals surface area contributed by atoms with Gasteiger partial charge >= 0.3 is 0 Å². The molecular formula is C18H27ClN2O2. The molecule has 2 aliphatic heterocycles. The van der Waals surface area contributed by atoms with Crippen LogP contribution in [0.4, 0.5) is 5.69 Å². The third-order valence-corrected chi connectivity index (χ3v) is 5.12. The Morgan fingerprint density at radius 1 is 1.48 bits per heavy atom. The number of fused-ring (bicyclic) bond motifs is 1. The van der Waals surface area contributed by atoms with Gasteiger partial charge in [0, 0.05) is 18.7 Å². The predicted molar refractivity (Wildman–Crippen MR) is 95.7 cm³/mol. The van der Waals surface area contributed by atoms with Gasteiger partial charge in [0.2, 0.25) is 5.91 Å². The number of benzene rings is 1. The molecule has 0 spiro atoms. The maximum Gasteiger partial charge on any atom is 0.227 e. The number of carbonyl (C=O) groups excluding carboxylic acids is 1. The molecule has 4 nitrogen and oxygen atoms in total. The Morgan fingerprint density at radius 3 is 3.00 bits per heavy atom. The molecule has 0 radical (unpaired) electrons. The minimum absolute atomic E-state index is 0. The zero-order chi connectivity index (χ0) is 15.5. The van der Waals surface area contributed by atoms with Gasteiger partial charge in [-0.2, -0.15) is 0 Å². The lowest BCUT2D eigenvalue weighted by Gasteiger charge is -2.29. The fourth-order valence-corrected chi connectivity index (χ4v) is 3.68. The van der Waals surface area contributed by atoms with E-state index in [1.54, 1.807) is 7.11 Å².